The lowest BCUT2D eigenvalue weighted by atomic mass is 9.46. The van der Waals surface area contributed by atoms with Crippen molar-refractivity contribution in [3.8, 4) is 5.75 Å². The number of fused-ring (bicyclic) bond motifs is 3. The van der Waals surface area contributed by atoms with Gasteiger partial charge in [-0.1, -0.05) is 51.8 Å². The van der Waals surface area contributed by atoms with Gasteiger partial charge in [0.2, 0.25) is 5.91 Å². The Morgan fingerprint density at radius 3 is 2.73 bits per heavy atom. The highest BCUT2D eigenvalue weighted by Gasteiger charge is 2.57. The van der Waals surface area contributed by atoms with E-state index in [2.05, 4.69) is 39.1 Å². The Hall–Kier alpha value is -1.77. The van der Waals surface area contributed by atoms with Crippen LogP contribution in [0.5, 0.6) is 5.75 Å². The molecule has 0 heterocycles. The maximum atomic E-state index is 13.6. The first-order chi connectivity index (χ1) is 14.3. The van der Waals surface area contributed by atoms with Crippen molar-refractivity contribution in [3.63, 3.8) is 0 Å². The summed E-state index contributed by atoms with van der Waals surface area (Å²) in [6.45, 7) is 9.48. The summed E-state index contributed by atoms with van der Waals surface area (Å²) in [6, 6.07) is 7.72. The second-order valence-corrected chi connectivity index (χ2v) is 10.9. The van der Waals surface area contributed by atoms with Gasteiger partial charge in [0.15, 0.2) is 0 Å². The Bertz CT molecular complexity index is 828. The molecule has 1 aromatic carbocycles. The topological polar surface area (TPSA) is 38.3 Å². The van der Waals surface area contributed by atoms with E-state index in [9.17, 15) is 4.79 Å². The fraction of sp³-hybridized carbons (Fsp3) is 0.667. The lowest BCUT2D eigenvalue weighted by Gasteiger charge is -2.58. The number of amides is 1. The number of carbonyl (C=O) groups is 1. The molecule has 2 unspecified atom stereocenters. The number of nitrogens with one attached hydrogen (secondary N) is 1. The molecule has 0 aromatic heterocycles. The molecule has 2 fully saturated rings. The van der Waals surface area contributed by atoms with Crippen molar-refractivity contribution in [2.24, 2.45) is 34.5 Å². The zero-order valence-electron chi connectivity index (χ0n) is 19.5. The second kappa shape index (κ2) is 8.05. The van der Waals surface area contributed by atoms with E-state index >= 15 is 0 Å². The average Bonchev–Trinajstić information content (AvgIpc) is 2.73. The van der Waals surface area contributed by atoms with Crippen molar-refractivity contribution in [2.75, 3.05) is 12.4 Å². The van der Waals surface area contributed by atoms with Crippen molar-refractivity contribution in [1.82, 2.24) is 0 Å². The minimum absolute atomic E-state index is 0.180. The van der Waals surface area contributed by atoms with Gasteiger partial charge in [0, 0.05) is 11.8 Å². The predicted molar refractivity (Wildman–Crippen MR) is 124 cm³/mol. The fourth-order valence-electron chi connectivity index (χ4n) is 7.04. The summed E-state index contributed by atoms with van der Waals surface area (Å²) in [5, 5.41) is 3.23. The Balaban J connectivity index is 1.59. The van der Waals surface area contributed by atoms with Crippen LogP contribution in [-0.4, -0.2) is 13.0 Å². The summed E-state index contributed by atoms with van der Waals surface area (Å²) in [4.78, 5) is 13.6. The van der Waals surface area contributed by atoms with E-state index in [0.29, 0.717) is 11.8 Å². The van der Waals surface area contributed by atoms with Crippen molar-refractivity contribution >= 4 is 11.6 Å². The summed E-state index contributed by atoms with van der Waals surface area (Å²) in [6.07, 6.45) is 10.9. The molecule has 164 valence electrons. The third kappa shape index (κ3) is 3.59. The van der Waals surface area contributed by atoms with Gasteiger partial charge in [0.05, 0.1) is 12.5 Å². The normalized spacial score (nSPS) is 35.8. The van der Waals surface area contributed by atoms with E-state index in [1.807, 2.05) is 24.3 Å². The van der Waals surface area contributed by atoms with Crippen LogP contribution in [0.15, 0.2) is 35.9 Å². The van der Waals surface area contributed by atoms with Crippen LogP contribution in [0.25, 0.3) is 0 Å². The standard InChI is InChI=1S/C27H39NO2/c1-18(2)19-10-12-23-20(16-19)11-13-24-26(23,3)14-7-15-27(24,4)25(29)28-21-8-6-9-22(17-21)30-5/h6,8-9,11,17-19,23-24H,7,10,12-16H2,1-5H3,(H,28,29)/t19?,23-,24?,26+,27+/m0/s1. The molecule has 3 nitrogen and oxygen atoms in total. The first-order valence-corrected chi connectivity index (χ1v) is 11.9. The molecule has 30 heavy (non-hydrogen) atoms. The minimum atomic E-state index is -0.326. The molecule has 0 aliphatic heterocycles. The number of rotatable bonds is 4. The van der Waals surface area contributed by atoms with Gasteiger partial charge in [-0.25, -0.2) is 0 Å². The summed E-state index contributed by atoms with van der Waals surface area (Å²) >= 11 is 0. The number of allylic oxidation sites excluding steroid dienone is 2. The van der Waals surface area contributed by atoms with Crippen LogP contribution in [0, 0.1) is 34.5 Å². The second-order valence-electron chi connectivity index (χ2n) is 10.9. The SMILES string of the molecule is COc1cccc(NC(=O)[C@]2(C)CCC[C@@]3(C)C2CC=C2CC(C(C)C)CC[C@@H]23)c1. The third-order valence-corrected chi connectivity index (χ3v) is 8.95. The number of anilines is 1. The summed E-state index contributed by atoms with van der Waals surface area (Å²) in [5.41, 5.74) is 2.45. The Morgan fingerprint density at radius 2 is 2.00 bits per heavy atom. The highest BCUT2D eigenvalue weighted by molar-refractivity contribution is 5.95. The molecular formula is C27H39NO2. The van der Waals surface area contributed by atoms with Gasteiger partial charge >= 0.3 is 0 Å². The molecule has 0 bridgehead atoms. The molecule has 3 aliphatic carbocycles. The molecule has 2 saturated carbocycles. The molecule has 3 aliphatic rings. The molecule has 0 saturated heterocycles. The van der Waals surface area contributed by atoms with Crippen LogP contribution in [0.2, 0.25) is 0 Å². The smallest absolute Gasteiger partial charge is 0.230 e. The molecular weight excluding hydrogens is 370 g/mol. The Labute approximate surface area is 182 Å². The van der Waals surface area contributed by atoms with E-state index in [4.69, 9.17) is 4.74 Å². The van der Waals surface area contributed by atoms with Gasteiger partial charge in [-0.05, 0) is 79.7 Å². The molecule has 1 amide bonds. The molecule has 4 rings (SSSR count). The Morgan fingerprint density at radius 1 is 1.20 bits per heavy atom. The molecule has 1 N–H and O–H groups in total. The first kappa shape index (κ1) is 21.5. The van der Waals surface area contributed by atoms with Crippen LogP contribution in [-0.2, 0) is 4.79 Å². The van der Waals surface area contributed by atoms with Crippen LogP contribution < -0.4 is 10.1 Å². The quantitative estimate of drug-likeness (QED) is 0.552. The average molecular weight is 410 g/mol. The van der Waals surface area contributed by atoms with Crippen molar-refractivity contribution in [3.05, 3.63) is 35.9 Å². The van der Waals surface area contributed by atoms with E-state index in [1.54, 1.807) is 12.7 Å². The molecule has 0 spiro atoms. The van der Waals surface area contributed by atoms with Crippen LogP contribution in [0.1, 0.15) is 72.6 Å². The predicted octanol–water partition coefficient (Wildman–Crippen LogP) is 6.85. The van der Waals surface area contributed by atoms with E-state index < -0.39 is 0 Å². The summed E-state index contributed by atoms with van der Waals surface area (Å²) < 4.78 is 5.33. The zero-order valence-corrected chi connectivity index (χ0v) is 19.5. The summed E-state index contributed by atoms with van der Waals surface area (Å²) in [5.74, 6) is 3.63. The molecule has 5 atom stereocenters. The molecule has 3 heteroatoms. The maximum absolute atomic E-state index is 13.6. The lowest BCUT2D eigenvalue weighted by Crippen LogP contribution is -2.54. The van der Waals surface area contributed by atoms with Gasteiger partial charge in [0.1, 0.15) is 5.75 Å². The van der Waals surface area contributed by atoms with Gasteiger partial charge in [-0.2, -0.15) is 0 Å². The highest BCUT2D eigenvalue weighted by atomic mass is 16.5. The minimum Gasteiger partial charge on any atom is -0.497 e. The van der Waals surface area contributed by atoms with Gasteiger partial charge in [-0.15, -0.1) is 0 Å². The maximum Gasteiger partial charge on any atom is 0.230 e. The third-order valence-electron chi connectivity index (χ3n) is 8.95. The lowest BCUT2D eigenvalue weighted by molar-refractivity contribution is -0.139. The van der Waals surface area contributed by atoms with Gasteiger partial charge in [0.25, 0.3) is 0 Å². The van der Waals surface area contributed by atoms with Crippen molar-refractivity contribution in [1.29, 1.82) is 0 Å². The number of methoxy groups -OCH3 is 1. The van der Waals surface area contributed by atoms with Crippen molar-refractivity contribution in [2.45, 2.75) is 72.6 Å². The number of hydrogen-bond acceptors (Lipinski definition) is 2. The van der Waals surface area contributed by atoms with E-state index in [-0.39, 0.29) is 16.7 Å². The Kier molecular flexibility index (Phi) is 5.76. The number of carbonyl (C=O) groups excluding carboxylic acids is 1. The fourth-order valence-corrected chi connectivity index (χ4v) is 7.04. The van der Waals surface area contributed by atoms with Crippen LogP contribution in [0.3, 0.4) is 0 Å². The van der Waals surface area contributed by atoms with Gasteiger partial charge in [-0.3, -0.25) is 4.79 Å². The molecule has 0 radical (unpaired) electrons. The first-order valence-electron chi connectivity index (χ1n) is 11.9. The number of ether oxygens (including phenoxy) is 1. The number of hydrogen-bond donors (Lipinski definition) is 1. The zero-order chi connectivity index (χ0) is 21.5. The van der Waals surface area contributed by atoms with E-state index in [0.717, 1.165) is 42.5 Å². The monoisotopic (exact) mass is 409 g/mol. The van der Waals surface area contributed by atoms with Crippen molar-refractivity contribution < 1.29 is 9.53 Å². The van der Waals surface area contributed by atoms with Crippen LogP contribution in [0.4, 0.5) is 5.69 Å². The summed E-state index contributed by atoms with van der Waals surface area (Å²) in [7, 11) is 1.66. The van der Waals surface area contributed by atoms with E-state index in [1.165, 1.54) is 25.7 Å². The number of benzene rings is 1. The van der Waals surface area contributed by atoms with Gasteiger partial charge < -0.3 is 10.1 Å². The highest BCUT2D eigenvalue weighted by Crippen LogP contribution is 2.63. The van der Waals surface area contributed by atoms with Crippen LogP contribution >= 0.6 is 0 Å². The largest absolute Gasteiger partial charge is 0.497 e. The molecule has 1 aromatic rings.